The predicted molar refractivity (Wildman–Crippen MR) is 41.7 cm³/mol. The largest absolute Gasteiger partial charge is 0.396 e. The summed E-state index contributed by atoms with van der Waals surface area (Å²) in [5.74, 6) is 0.296. The average molecular weight is 157 g/mol. The summed E-state index contributed by atoms with van der Waals surface area (Å²) >= 11 is 0. The van der Waals surface area contributed by atoms with Gasteiger partial charge in [0.1, 0.15) is 0 Å². The summed E-state index contributed by atoms with van der Waals surface area (Å²) in [5.41, 5.74) is 5.15. The highest BCUT2D eigenvalue weighted by Crippen LogP contribution is 2.27. The molecule has 1 rings (SSSR count). The number of carbonyl (C=O) groups is 1. The first-order valence-electron chi connectivity index (χ1n) is 4.14. The third-order valence-corrected chi connectivity index (χ3v) is 2.51. The Morgan fingerprint density at radius 1 is 1.36 bits per heavy atom. The fraction of sp³-hybridized carbons (Fsp3) is 0.875. The van der Waals surface area contributed by atoms with Crippen LogP contribution < -0.4 is 5.73 Å². The number of carbonyl (C=O) groups excluding carboxylic acids is 1. The van der Waals surface area contributed by atoms with Crippen LogP contribution in [0.5, 0.6) is 0 Å². The van der Waals surface area contributed by atoms with Gasteiger partial charge >= 0.3 is 0 Å². The van der Waals surface area contributed by atoms with Crippen molar-refractivity contribution in [1.29, 1.82) is 0 Å². The third kappa shape index (κ3) is 2.19. The molecule has 0 unspecified atom stereocenters. The van der Waals surface area contributed by atoms with Crippen molar-refractivity contribution in [2.45, 2.75) is 25.7 Å². The van der Waals surface area contributed by atoms with E-state index < -0.39 is 0 Å². The molecule has 1 saturated carbocycles. The number of aliphatic hydroxyl groups excluding tert-OH is 1. The molecule has 0 aromatic carbocycles. The summed E-state index contributed by atoms with van der Waals surface area (Å²) < 4.78 is 0. The lowest BCUT2D eigenvalue weighted by Gasteiger charge is -2.24. The molecule has 0 aliphatic heterocycles. The first-order valence-corrected chi connectivity index (χ1v) is 4.14. The lowest BCUT2D eigenvalue weighted by atomic mass is 9.82. The second-order valence-corrected chi connectivity index (χ2v) is 3.30. The van der Waals surface area contributed by atoms with Gasteiger partial charge in [0.2, 0.25) is 5.91 Å². The molecule has 0 heterocycles. The molecule has 64 valence electrons. The molecule has 1 aliphatic rings. The molecule has 0 radical (unpaired) electrons. The van der Waals surface area contributed by atoms with E-state index >= 15 is 0 Å². The molecule has 1 amide bonds. The molecule has 0 aromatic rings. The van der Waals surface area contributed by atoms with E-state index in [1.54, 1.807) is 0 Å². The fourth-order valence-corrected chi connectivity index (χ4v) is 1.63. The first kappa shape index (κ1) is 8.53. The Morgan fingerprint density at radius 3 is 2.27 bits per heavy atom. The Bertz CT molecular complexity index is 139. The van der Waals surface area contributed by atoms with Crippen molar-refractivity contribution in [3.63, 3.8) is 0 Å². The van der Waals surface area contributed by atoms with E-state index in [2.05, 4.69) is 0 Å². The Balaban J connectivity index is 2.30. The highest BCUT2D eigenvalue weighted by molar-refractivity contribution is 5.76. The zero-order valence-corrected chi connectivity index (χ0v) is 6.62. The van der Waals surface area contributed by atoms with E-state index in [4.69, 9.17) is 10.8 Å². The van der Waals surface area contributed by atoms with E-state index in [1.807, 2.05) is 0 Å². The van der Waals surface area contributed by atoms with E-state index in [9.17, 15) is 4.79 Å². The SMILES string of the molecule is NC(=O)[C@H]1CC[C@H](CO)CC1. The normalized spacial score (nSPS) is 31.7. The summed E-state index contributed by atoms with van der Waals surface area (Å²) in [4.78, 5) is 10.7. The van der Waals surface area contributed by atoms with Gasteiger partial charge in [0.15, 0.2) is 0 Å². The number of hydrogen-bond acceptors (Lipinski definition) is 2. The van der Waals surface area contributed by atoms with Crippen molar-refractivity contribution >= 4 is 5.91 Å². The van der Waals surface area contributed by atoms with E-state index in [0.717, 1.165) is 25.7 Å². The minimum atomic E-state index is -0.179. The molecule has 0 bridgehead atoms. The molecule has 0 saturated heterocycles. The summed E-state index contributed by atoms with van der Waals surface area (Å²) in [7, 11) is 0. The van der Waals surface area contributed by atoms with Gasteiger partial charge in [-0.3, -0.25) is 4.79 Å². The third-order valence-electron chi connectivity index (χ3n) is 2.51. The lowest BCUT2D eigenvalue weighted by molar-refractivity contribution is -0.123. The molecule has 0 atom stereocenters. The van der Waals surface area contributed by atoms with Gasteiger partial charge in [0, 0.05) is 12.5 Å². The van der Waals surface area contributed by atoms with Gasteiger partial charge in [-0.15, -0.1) is 0 Å². The highest BCUT2D eigenvalue weighted by atomic mass is 16.3. The number of aliphatic hydroxyl groups is 1. The van der Waals surface area contributed by atoms with Crippen LogP contribution in [0, 0.1) is 11.8 Å². The molecular formula is C8H15NO2. The minimum absolute atomic E-state index is 0.0674. The van der Waals surface area contributed by atoms with Gasteiger partial charge < -0.3 is 10.8 Å². The van der Waals surface area contributed by atoms with Crippen LogP contribution in [0.15, 0.2) is 0 Å². The van der Waals surface area contributed by atoms with Gasteiger partial charge in [-0.05, 0) is 31.6 Å². The number of hydrogen-bond donors (Lipinski definition) is 2. The zero-order chi connectivity index (χ0) is 8.27. The zero-order valence-electron chi connectivity index (χ0n) is 6.62. The Hall–Kier alpha value is -0.570. The molecule has 11 heavy (non-hydrogen) atoms. The Labute approximate surface area is 66.6 Å². The quantitative estimate of drug-likeness (QED) is 0.604. The van der Waals surface area contributed by atoms with Crippen LogP contribution in [-0.4, -0.2) is 17.6 Å². The van der Waals surface area contributed by atoms with Gasteiger partial charge in [-0.2, -0.15) is 0 Å². The number of rotatable bonds is 2. The molecule has 0 spiro atoms. The highest BCUT2D eigenvalue weighted by Gasteiger charge is 2.23. The van der Waals surface area contributed by atoms with E-state index in [0.29, 0.717) is 5.92 Å². The van der Waals surface area contributed by atoms with Crippen molar-refractivity contribution in [1.82, 2.24) is 0 Å². The molecular weight excluding hydrogens is 142 g/mol. The topological polar surface area (TPSA) is 63.3 Å². The van der Waals surface area contributed by atoms with Crippen molar-refractivity contribution in [2.24, 2.45) is 17.6 Å². The summed E-state index contributed by atoms with van der Waals surface area (Å²) in [6, 6.07) is 0. The van der Waals surface area contributed by atoms with Crippen LogP contribution in [0.1, 0.15) is 25.7 Å². The standard InChI is InChI=1S/C8H15NO2/c9-8(11)7-3-1-6(5-10)2-4-7/h6-7,10H,1-5H2,(H2,9,11)/t6-,7-. The van der Waals surface area contributed by atoms with E-state index in [1.165, 1.54) is 0 Å². The van der Waals surface area contributed by atoms with Crippen LogP contribution in [-0.2, 0) is 4.79 Å². The van der Waals surface area contributed by atoms with Gasteiger partial charge in [0.05, 0.1) is 0 Å². The number of nitrogens with two attached hydrogens (primary N) is 1. The maximum atomic E-state index is 10.7. The molecule has 3 nitrogen and oxygen atoms in total. The maximum Gasteiger partial charge on any atom is 0.220 e. The second kappa shape index (κ2) is 3.72. The molecule has 1 aliphatic carbocycles. The molecule has 1 fully saturated rings. The minimum Gasteiger partial charge on any atom is -0.396 e. The second-order valence-electron chi connectivity index (χ2n) is 3.30. The van der Waals surface area contributed by atoms with Gasteiger partial charge in [-0.25, -0.2) is 0 Å². The van der Waals surface area contributed by atoms with Crippen molar-refractivity contribution in [2.75, 3.05) is 6.61 Å². The molecule has 3 heteroatoms. The number of amides is 1. The summed E-state index contributed by atoms with van der Waals surface area (Å²) in [6.07, 6.45) is 3.62. The van der Waals surface area contributed by atoms with Crippen LogP contribution in [0.2, 0.25) is 0 Å². The van der Waals surface area contributed by atoms with E-state index in [-0.39, 0.29) is 18.4 Å². The van der Waals surface area contributed by atoms with Gasteiger partial charge in [0.25, 0.3) is 0 Å². The average Bonchev–Trinajstić information content (AvgIpc) is 2.05. The summed E-state index contributed by atoms with van der Waals surface area (Å²) in [6.45, 7) is 0.255. The Morgan fingerprint density at radius 2 is 1.91 bits per heavy atom. The Kier molecular flexibility index (Phi) is 2.88. The first-order chi connectivity index (χ1) is 5.24. The van der Waals surface area contributed by atoms with Crippen LogP contribution >= 0.6 is 0 Å². The van der Waals surface area contributed by atoms with Crippen LogP contribution in [0.25, 0.3) is 0 Å². The monoisotopic (exact) mass is 157 g/mol. The lowest BCUT2D eigenvalue weighted by Crippen LogP contribution is -2.28. The number of primary amides is 1. The van der Waals surface area contributed by atoms with Crippen LogP contribution in [0.4, 0.5) is 0 Å². The fourth-order valence-electron chi connectivity index (χ4n) is 1.63. The van der Waals surface area contributed by atoms with Crippen molar-refractivity contribution < 1.29 is 9.90 Å². The van der Waals surface area contributed by atoms with Crippen molar-refractivity contribution in [3.8, 4) is 0 Å². The molecule has 0 aromatic heterocycles. The predicted octanol–water partition coefficient (Wildman–Crippen LogP) is 0.270. The molecule has 3 N–H and O–H groups in total. The maximum absolute atomic E-state index is 10.7. The van der Waals surface area contributed by atoms with Crippen LogP contribution in [0.3, 0.4) is 0 Å². The summed E-state index contributed by atoms with van der Waals surface area (Å²) in [5, 5.41) is 8.80. The van der Waals surface area contributed by atoms with Crippen molar-refractivity contribution in [3.05, 3.63) is 0 Å². The smallest absolute Gasteiger partial charge is 0.220 e. The van der Waals surface area contributed by atoms with Gasteiger partial charge in [-0.1, -0.05) is 0 Å².